The van der Waals surface area contributed by atoms with Gasteiger partial charge in [-0.25, -0.2) is 0 Å². The normalized spacial score (nSPS) is 15.1. The average molecular weight is 188 g/mol. The van der Waals surface area contributed by atoms with Gasteiger partial charge in [-0.2, -0.15) is 0 Å². The number of carbonyl (C=O) groups is 1. The molecule has 0 aromatic carbocycles. The molecule has 2 atom stereocenters. The molecule has 0 aliphatic rings. The van der Waals surface area contributed by atoms with Crippen molar-refractivity contribution < 1.29 is 9.53 Å². The van der Waals surface area contributed by atoms with Crippen LogP contribution in [0.25, 0.3) is 0 Å². The van der Waals surface area contributed by atoms with Gasteiger partial charge in [0, 0.05) is 19.8 Å². The van der Waals surface area contributed by atoms with Gasteiger partial charge in [-0.05, 0) is 19.8 Å². The first-order valence-corrected chi connectivity index (χ1v) is 4.66. The van der Waals surface area contributed by atoms with Gasteiger partial charge in [-0.1, -0.05) is 6.92 Å². The molecule has 78 valence electrons. The van der Waals surface area contributed by atoms with E-state index in [0.717, 1.165) is 6.42 Å². The lowest BCUT2D eigenvalue weighted by atomic mass is 10.2. The Kier molecular flexibility index (Phi) is 6.54. The molecule has 13 heavy (non-hydrogen) atoms. The van der Waals surface area contributed by atoms with E-state index in [4.69, 9.17) is 10.5 Å². The lowest BCUT2D eigenvalue weighted by molar-refractivity contribution is -0.123. The number of hydrogen-bond acceptors (Lipinski definition) is 3. The summed E-state index contributed by atoms with van der Waals surface area (Å²) in [7, 11) is 1.65. The van der Waals surface area contributed by atoms with Crippen LogP contribution in [0.4, 0.5) is 0 Å². The molecule has 0 saturated heterocycles. The van der Waals surface area contributed by atoms with E-state index in [9.17, 15) is 4.79 Å². The Hall–Kier alpha value is -0.610. The summed E-state index contributed by atoms with van der Waals surface area (Å²) in [5, 5.41) is 2.82. The van der Waals surface area contributed by atoms with Crippen LogP contribution in [0.2, 0.25) is 0 Å². The lowest BCUT2D eigenvalue weighted by Gasteiger charge is -2.16. The van der Waals surface area contributed by atoms with Crippen molar-refractivity contribution in [3.63, 3.8) is 0 Å². The van der Waals surface area contributed by atoms with E-state index in [1.54, 1.807) is 7.11 Å². The second-order valence-electron chi connectivity index (χ2n) is 3.21. The molecule has 0 aromatic rings. The van der Waals surface area contributed by atoms with E-state index in [1.807, 2.05) is 13.8 Å². The largest absolute Gasteiger partial charge is 0.385 e. The number of methoxy groups -OCH3 is 1. The minimum atomic E-state index is -0.384. The molecule has 3 N–H and O–H groups in total. The van der Waals surface area contributed by atoms with Crippen LogP contribution in [0.1, 0.15) is 26.7 Å². The van der Waals surface area contributed by atoms with Gasteiger partial charge >= 0.3 is 0 Å². The van der Waals surface area contributed by atoms with Crippen molar-refractivity contribution in [2.75, 3.05) is 13.7 Å². The van der Waals surface area contributed by atoms with Crippen LogP contribution in [-0.2, 0) is 9.53 Å². The Morgan fingerprint density at radius 3 is 2.69 bits per heavy atom. The zero-order chi connectivity index (χ0) is 10.3. The molecule has 0 heterocycles. The maximum atomic E-state index is 11.3. The van der Waals surface area contributed by atoms with Crippen molar-refractivity contribution in [1.29, 1.82) is 0 Å². The summed E-state index contributed by atoms with van der Waals surface area (Å²) in [6.45, 7) is 4.49. The second-order valence-corrected chi connectivity index (χ2v) is 3.21. The maximum absolute atomic E-state index is 11.3. The summed E-state index contributed by atoms with van der Waals surface area (Å²) in [6, 6.07) is -0.255. The number of rotatable bonds is 6. The molecule has 1 amide bonds. The summed E-state index contributed by atoms with van der Waals surface area (Å²) >= 11 is 0. The lowest BCUT2D eigenvalue weighted by Crippen LogP contribution is -2.44. The van der Waals surface area contributed by atoms with E-state index >= 15 is 0 Å². The van der Waals surface area contributed by atoms with Gasteiger partial charge in [0.15, 0.2) is 0 Å². The molecule has 0 aliphatic carbocycles. The molecule has 4 nitrogen and oxygen atoms in total. The molecule has 4 heteroatoms. The monoisotopic (exact) mass is 188 g/mol. The first kappa shape index (κ1) is 12.4. The van der Waals surface area contributed by atoms with E-state index in [1.165, 1.54) is 0 Å². The van der Waals surface area contributed by atoms with E-state index < -0.39 is 0 Å². The van der Waals surface area contributed by atoms with Crippen molar-refractivity contribution in [3.05, 3.63) is 0 Å². The Labute approximate surface area is 79.8 Å². The Morgan fingerprint density at radius 2 is 2.23 bits per heavy atom. The molecule has 0 rings (SSSR count). The summed E-state index contributed by atoms with van der Waals surface area (Å²) in [5.74, 6) is -0.0777. The van der Waals surface area contributed by atoms with Gasteiger partial charge in [-0.3, -0.25) is 4.79 Å². The number of hydrogen-bond donors (Lipinski definition) is 2. The molecule has 0 saturated carbocycles. The van der Waals surface area contributed by atoms with E-state index in [0.29, 0.717) is 13.0 Å². The summed E-state index contributed by atoms with van der Waals surface area (Å²) in [5.41, 5.74) is 5.55. The fraction of sp³-hybridized carbons (Fsp3) is 0.889. The van der Waals surface area contributed by atoms with Gasteiger partial charge in [0.25, 0.3) is 0 Å². The predicted molar refractivity (Wildman–Crippen MR) is 52.4 cm³/mol. The molecule has 2 unspecified atom stereocenters. The summed E-state index contributed by atoms with van der Waals surface area (Å²) in [6.07, 6.45) is 1.49. The number of nitrogens with one attached hydrogen (secondary N) is 1. The molecule has 0 aromatic heterocycles. The van der Waals surface area contributed by atoms with Crippen LogP contribution in [0, 0.1) is 0 Å². The SMILES string of the molecule is CCC(N)C(=O)NC(C)CCOC. The van der Waals surface area contributed by atoms with Crippen molar-refractivity contribution in [2.24, 2.45) is 5.73 Å². The maximum Gasteiger partial charge on any atom is 0.237 e. The highest BCUT2D eigenvalue weighted by atomic mass is 16.5. The third-order valence-electron chi connectivity index (χ3n) is 1.92. The molecule has 0 radical (unpaired) electrons. The number of ether oxygens (including phenoxy) is 1. The molecule has 0 bridgehead atoms. The zero-order valence-electron chi connectivity index (χ0n) is 8.67. The van der Waals surface area contributed by atoms with Crippen LogP contribution in [-0.4, -0.2) is 31.7 Å². The van der Waals surface area contributed by atoms with Crippen LogP contribution >= 0.6 is 0 Å². The molecular formula is C9H20N2O2. The number of amides is 1. The van der Waals surface area contributed by atoms with E-state index in [-0.39, 0.29) is 18.0 Å². The van der Waals surface area contributed by atoms with Gasteiger partial charge in [0.1, 0.15) is 0 Å². The second kappa shape index (κ2) is 6.86. The van der Waals surface area contributed by atoms with E-state index in [2.05, 4.69) is 5.32 Å². The van der Waals surface area contributed by atoms with Crippen LogP contribution < -0.4 is 11.1 Å². The molecule has 0 spiro atoms. The molecular weight excluding hydrogens is 168 g/mol. The number of nitrogens with two attached hydrogens (primary N) is 1. The third kappa shape index (κ3) is 5.60. The highest BCUT2D eigenvalue weighted by molar-refractivity contribution is 5.81. The highest BCUT2D eigenvalue weighted by Crippen LogP contribution is 1.93. The summed E-state index contributed by atoms with van der Waals surface area (Å²) < 4.78 is 4.90. The van der Waals surface area contributed by atoms with Gasteiger partial charge in [0.05, 0.1) is 6.04 Å². The first-order valence-electron chi connectivity index (χ1n) is 4.66. The van der Waals surface area contributed by atoms with Gasteiger partial charge in [-0.15, -0.1) is 0 Å². The highest BCUT2D eigenvalue weighted by Gasteiger charge is 2.12. The fourth-order valence-electron chi connectivity index (χ4n) is 0.902. The Morgan fingerprint density at radius 1 is 1.62 bits per heavy atom. The Balaban J connectivity index is 3.64. The van der Waals surface area contributed by atoms with Crippen molar-refractivity contribution >= 4 is 5.91 Å². The average Bonchev–Trinajstić information content (AvgIpc) is 2.13. The van der Waals surface area contributed by atoms with Crippen LogP contribution in [0.15, 0.2) is 0 Å². The van der Waals surface area contributed by atoms with Gasteiger partial charge in [0.2, 0.25) is 5.91 Å². The van der Waals surface area contributed by atoms with Crippen molar-refractivity contribution in [2.45, 2.75) is 38.8 Å². The predicted octanol–water partition coefficient (Wildman–Crippen LogP) is 0.265. The molecule has 0 fully saturated rings. The zero-order valence-corrected chi connectivity index (χ0v) is 8.67. The van der Waals surface area contributed by atoms with Crippen LogP contribution in [0.5, 0.6) is 0 Å². The van der Waals surface area contributed by atoms with Gasteiger partial charge < -0.3 is 15.8 Å². The quantitative estimate of drug-likeness (QED) is 0.628. The van der Waals surface area contributed by atoms with Crippen molar-refractivity contribution in [3.8, 4) is 0 Å². The fourth-order valence-corrected chi connectivity index (χ4v) is 0.902. The standard InChI is InChI=1S/C9H20N2O2/c1-4-8(10)9(12)11-7(2)5-6-13-3/h7-8H,4-6,10H2,1-3H3,(H,11,12). The minimum absolute atomic E-state index is 0.0777. The van der Waals surface area contributed by atoms with Crippen molar-refractivity contribution in [1.82, 2.24) is 5.32 Å². The minimum Gasteiger partial charge on any atom is -0.385 e. The third-order valence-corrected chi connectivity index (χ3v) is 1.92. The number of carbonyl (C=O) groups excluding carboxylic acids is 1. The topological polar surface area (TPSA) is 64.4 Å². The smallest absolute Gasteiger partial charge is 0.237 e. The summed E-state index contributed by atoms with van der Waals surface area (Å²) in [4.78, 5) is 11.3. The molecule has 0 aliphatic heterocycles. The van der Waals surface area contributed by atoms with Crippen LogP contribution in [0.3, 0.4) is 0 Å². The first-order chi connectivity index (χ1) is 6.11. The Bertz CT molecular complexity index is 151.